The Balaban J connectivity index is 2.16. The van der Waals surface area contributed by atoms with E-state index < -0.39 is 0 Å². The molecule has 0 N–H and O–H groups in total. The molecule has 4 heteroatoms. The Morgan fingerprint density at radius 2 is 1.90 bits per heavy atom. The van der Waals surface area contributed by atoms with Crippen molar-refractivity contribution < 1.29 is 4.74 Å². The molecule has 1 fully saturated rings. The molecule has 1 aliphatic heterocycles. The molecule has 0 amide bonds. The van der Waals surface area contributed by atoms with E-state index in [1.807, 2.05) is 6.07 Å². The molecular formula is C16H19Cl2NO. The summed E-state index contributed by atoms with van der Waals surface area (Å²) in [4.78, 5) is 0. The maximum absolute atomic E-state index is 6.28. The molecule has 2 nitrogen and oxygen atoms in total. The van der Waals surface area contributed by atoms with E-state index in [-0.39, 0.29) is 17.2 Å². The zero-order chi connectivity index (χ0) is 14.7. The number of halogens is 2. The second-order valence-corrected chi connectivity index (χ2v) is 7.57. The predicted molar refractivity (Wildman–Crippen MR) is 84.9 cm³/mol. The number of nitrogens with zero attached hydrogens (tertiary/aromatic N) is 1. The quantitative estimate of drug-likeness (QED) is 0.681. The Morgan fingerprint density at radius 3 is 2.50 bits per heavy atom. The molecule has 2 aromatic rings. The Kier molecular flexibility index (Phi) is 3.13. The molecule has 1 aliphatic rings. The van der Waals surface area contributed by atoms with Gasteiger partial charge >= 0.3 is 0 Å². The van der Waals surface area contributed by atoms with Crippen LogP contribution in [0, 0.1) is 0 Å². The number of benzene rings is 1. The standard InChI is InChI=1S/C16H19Cl2NO/c1-15(2)9-14(16(3,4)20-15)19-6-5-11-12(18)7-10(17)8-13(11)19/h5-8,14H,9H2,1-4H3. The van der Waals surface area contributed by atoms with Crippen molar-refractivity contribution in [2.45, 2.75) is 51.4 Å². The first-order valence-electron chi connectivity index (χ1n) is 6.85. The van der Waals surface area contributed by atoms with Crippen LogP contribution in [-0.2, 0) is 4.74 Å². The molecule has 0 saturated carbocycles. The second-order valence-electron chi connectivity index (χ2n) is 6.73. The fourth-order valence-corrected chi connectivity index (χ4v) is 3.97. The fourth-order valence-electron chi connectivity index (χ4n) is 3.42. The van der Waals surface area contributed by atoms with E-state index in [4.69, 9.17) is 27.9 Å². The first-order valence-corrected chi connectivity index (χ1v) is 7.61. The topological polar surface area (TPSA) is 14.2 Å². The van der Waals surface area contributed by atoms with Crippen LogP contribution in [0.2, 0.25) is 10.0 Å². The minimum atomic E-state index is -0.218. The normalized spacial score (nSPS) is 24.4. The summed E-state index contributed by atoms with van der Waals surface area (Å²) in [6.07, 6.45) is 3.05. The van der Waals surface area contributed by atoms with Crippen LogP contribution in [0.4, 0.5) is 0 Å². The van der Waals surface area contributed by atoms with Gasteiger partial charge in [0.15, 0.2) is 0 Å². The zero-order valence-corrected chi connectivity index (χ0v) is 13.7. The van der Waals surface area contributed by atoms with Crippen molar-refractivity contribution in [3.8, 4) is 0 Å². The largest absolute Gasteiger partial charge is 0.367 e. The van der Waals surface area contributed by atoms with E-state index in [2.05, 4.69) is 44.5 Å². The van der Waals surface area contributed by atoms with Crippen LogP contribution in [0.25, 0.3) is 10.9 Å². The number of hydrogen-bond donors (Lipinski definition) is 0. The van der Waals surface area contributed by atoms with Gasteiger partial charge in [-0.1, -0.05) is 23.2 Å². The highest BCUT2D eigenvalue weighted by Gasteiger charge is 2.46. The van der Waals surface area contributed by atoms with Gasteiger partial charge in [-0.15, -0.1) is 0 Å². The van der Waals surface area contributed by atoms with Crippen LogP contribution in [-0.4, -0.2) is 15.8 Å². The maximum Gasteiger partial charge on any atom is 0.0841 e. The molecule has 1 aromatic heterocycles. The highest BCUT2D eigenvalue weighted by Crippen LogP contribution is 2.46. The van der Waals surface area contributed by atoms with Gasteiger partial charge in [-0.25, -0.2) is 0 Å². The van der Waals surface area contributed by atoms with Gasteiger partial charge in [-0.3, -0.25) is 0 Å². The Bertz CT molecular complexity index is 672. The van der Waals surface area contributed by atoms with Gasteiger partial charge in [0, 0.05) is 16.6 Å². The minimum absolute atomic E-state index is 0.118. The van der Waals surface area contributed by atoms with Crippen molar-refractivity contribution in [1.82, 2.24) is 4.57 Å². The third-order valence-corrected chi connectivity index (χ3v) is 4.65. The predicted octanol–water partition coefficient (Wildman–Crippen LogP) is 5.47. The summed E-state index contributed by atoms with van der Waals surface area (Å²) < 4.78 is 8.45. The highest BCUT2D eigenvalue weighted by atomic mass is 35.5. The van der Waals surface area contributed by atoms with Crippen LogP contribution >= 0.6 is 23.2 Å². The molecule has 1 aromatic carbocycles. The average molecular weight is 312 g/mol. The van der Waals surface area contributed by atoms with Gasteiger partial charge < -0.3 is 9.30 Å². The van der Waals surface area contributed by atoms with E-state index in [0.29, 0.717) is 10.0 Å². The Morgan fingerprint density at radius 1 is 1.20 bits per heavy atom. The third kappa shape index (κ3) is 2.24. The molecule has 0 aliphatic carbocycles. The van der Waals surface area contributed by atoms with E-state index in [9.17, 15) is 0 Å². The molecule has 0 radical (unpaired) electrons. The van der Waals surface area contributed by atoms with E-state index in [1.165, 1.54) is 0 Å². The molecule has 20 heavy (non-hydrogen) atoms. The van der Waals surface area contributed by atoms with Crippen LogP contribution in [0.15, 0.2) is 24.4 Å². The van der Waals surface area contributed by atoms with Crippen molar-refractivity contribution >= 4 is 34.1 Å². The van der Waals surface area contributed by atoms with Gasteiger partial charge in [0.2, 0.25) is 0 Å². The van der Waals surface area contributed by atoms with E-state index in [1.54, 1.807) is 6.07 Å². The molecule has 1 unspecified atom stereocenters. The van der Waals surface area contributed by atoms with Crippen molar-refractivity contribution in [2.24, 2.45) is 0 Å². The SMILES string of the molecule is CC1(C)CC(n2ccc3c(Cl)cc(Cl)cc32)C(C)(C)O1. The molecule has 1 saturated heterocycles. The van der Waals surface area contributed by atoms with Crippen molar-refractivity contribution in [3.05, 3.63) is 34.4 Å². The third-order valence-electron chi connectivity index (χ3n) is 4.11. The monoisotopic (exact) mass is 311 g/mol. The minimum Gasteiger partial charge on any atom is -0.367 e. The molecule has 3 rings (SSSR count). The van der Waals surface area contributed by atoms with Crippen molar-refractivity contribution in [1.29, 1.82) is 0 Å². The van der Waals surface area contributed by atoms with E-state index in [0.717, 1.165) is 17.3 Å². The zero-order valence-electron chi connectivity index (χ0n) is 12.2. The lowest BCUT2D eigenvalue weighted by Crippen LogP contribution is -2.30. The lowest BCUT2D eigenvalue weighted by Gasteiger charge is -2.28. The Hall–Kier alpha value is -0.700. The lowest BCUT2D eigenvalue weighted by molar-refractivity contribution is -0.0726. The van der Waals surface area contributed by atoms with Crippen LogP contribution in [0.5, 0.6) is 0 Å². The van der Waals surface area contributed by atoms with Crippen molar-refractivity contribution in [2.75, 3.05) is 0 Å². The van der Waals surface area contributed by atoms with Gasteiger partial charge in [0.25, 0.3) is 0 Å². The van der Waals surface area contributed by atoms with Crippen LogP contribution < -0.4 is 0 Å². The maximum atomic E-state index is 6.28. The van der Waals surface area contributed by atoms with E-state index >= 15 is 0 Å². The summed E-state index contributed by atoms with van der Waals surface area (Å²) in [5.41, 5.74) is 0.735. The molecule has 108 valence electrons. The molecular weight excluding hydrogens is 293 g/mol. The number of aromatic nitrogens is 1. The summed E-state index contributed by atoms with van der Waals surface area (Å²) in [6.45, 7) is 8.57. The van der Waals surface area contributed by atoms with Gasteiger partial charge in [0.05, 0.1) is 27.8 Å². The first kappa shape index (κ1) is 14.2. The highest BCUT2D eigenvalue weighted by molar-refractivity contribution is 6.38. The number of hydrogen-bond acceptors (Lipinski definition) is 1. The molecule has 2 heterocycles. The molecule has 0 spiro atoms. The molecule has 0 bridgehead atoms. The molecule has 1 atom stereocenters. The number of fused-ring (bicyclic) bond motifs is 1. The fraction of sp³-hybridized carbons (Fsp3) is 0.500. The smallest absolute Gasteiger partial charge is 0.0841 e. The first-order chi connectivity index (χ1) is 9.20. The van der Waals surface area contributed by atoms with Gasteiger partial charge in [-0.05, 0) is 52.3 Å². The average Bonchev–Trinajstić information content (AvgIpc) is 2.76. The summed E-state index contributed by atoms with van der Waals surface area (Å²) in [6, 6.07) is 6.08. The summed E-state index contributed by atoms with van der Waals surface area (Å²) in [5, 5.41) is 2.40. The van der Waals surface area contributed by atoms with Gasteiger partial charge in [0.1, 0.15) is 0 Å². The summed E-state index contributed by atoms with van der Waals surface area (Å²) in [5.74, 6) is 0. The number of ether oxygens (including phenoxy) is 1. The lowest BCUT2D eigenvalue weighted by atomic mass is 9.94. The summed E-state index contributed by atoms with van der Waals surface area (Å²) >= 11 is 12.4. The number of rotatable bonds is 1. The van der Waals surface area contributed by atoms with Gasteiger partial charge in [-0.2, -0.15) is 0 Å². The second kappa shape index (κ2) is 4.40. The summed E-state index contributed by atoms with van der Waals surface area (Å²) in [7, 11) is 0. The van der Waals surface area contributed by atoms with Crippen LogP contribution in [0.1, 0.15) is 40.2 Å². The Labute approximate surface area is 129 Å². The van der Waals surface area contributed by atoms with Crippen LogP contribution in [0.3, 0.4) is 0 Å². The van der Waals surface area contributed by atoms with Crippen molar-refractivity contribution in [3.63, 3.8) is 0 Å².